The highest BCUT2D eigenvalue weighted by atomic mass is 35.5. The molecule has 1 amide bonds. The molecule has 4 nitrogen and oxygen atoms in total. The van der Waals surface area contributed by atoms with Crippen molar-refractivity contribution < 1.29 is 4.79 Å². The Kier molecular flexibility index (Phi) is 4.82. The number of nitrogens with one attached hydrogen (secondary N) is 1. The molecule has 3 N–H and O–H groups in total. The van der Waals surface area contributed by atoms with Gasteiger partial charge in [-0.25, -0.2) is 4.98 Å². The summed E-state index contributed by atoms with van der Waals surface area (Å²) in [5.74, 6) is 0.491. The first-order chi connectivity index (χ1) is 13.0. The van der Waals surface area contributed by atoms with Gasteiger partial charge in [-0.2, -0.15) is 0 Å². The minimum atomic E-state index is -0.222. The minimum Gasteiger partial charge on any atom is -0.397 e. The lowest BCUT2D eigenvalue weighted by Crippen LogP contribution is -2.14. The standard InChI is InChI=1S/C21H22ClN3OS/c1-3-12-5-7-17-13(8-12)9-15-18(23)19(27-21(15)25-17)20(26)24-14-6-4-11(2)16(22)10-14/h4,6,9-10,12H,3,5,7-8,23H2,1-2H3,(H,24,26)/t12-/m1/s1. The summed E-state index contributed by atoms with van der Waals surface area (Å²) in [7, 11) is 0. The SMILES string of the molecule is CC[C@@H]1CCc2nc3sc(C(=O)Nc4ccc(C)c(Cl)c4)c(N)c3cc2C1. The van der Waals surface area contributed by atoms with Crippen LogP contribution in [0.2, 0.25) is 5.02 Å². The number of carbonyl (C=O) groups excluding carboxylic acids is 1. The smallest absolute Gasteiger partial charge is 0.267 e. The van der Waals surface area contributed by atoms with Gasteiger partial charge in [-0.1, -0.05) is 31.0 Å². The van der Waals surface area contributed by atoms with Crippen LogP contribution in [0.1, 0.15) is 46.3 Å². The fourth-order valence-corrected chi connectivity index (χ4v) is 4.81. The Morgan fingerprint density at radius 2 is 2.22 bits per heavy atom. The molecule has 0 bridgehead atoms. The van der Waals surface area contributed by atoms with Gasteiger partial charge in [0.1, 0.15) is 9.71 Å². The maximum atomic E-state index is 12.8. The summed E-state index contributed by atoms with van der Waals surface area (Å²) in [4.78, 5) is 18.9. The van der Waals surface area contributed by atoms with Crippen LogP contribution < -0.4 is 11.1 Å². The number of nitrogen functional groups attached to an aromatic ring is 1. The highest BCUT2D eigenvalue weighted by molar-refractivity contribution is 7.21. The van der Waals surface area contributed by atoms with Crippen LogP contribution in [0, 0.1) is 12.8 Å². The number of rotatable bonds is 3. The van der Waals surface area contributed by atoms with Gasteiger partial charge in [0.25, 0.3) is 5.91 Å². The molecule has 4 rings (SSSR count). The summed E-state index contributed by atoms with van der Waals surface area (Å²) in [6.45, 7) is 4.16. The van der Waals surface area contributed by atoms with E-state index in [0.717, 1.165) is 34.3 Å². The van der Waals surface area contributed by atoms with Crippen LogP contribution in [-0.4, -0.2) is 10.9 Å². The zero-order chi connectivity index (χ0) is 19.1. The third-order valence-electron chi connectivity index (χ3n) is 5.40. The van der Waals surface area contributed by atoms with E-state index in [9.17, 15) is 4.79 Å². The van der Waals surface area contributed by atoms with E-state index in [1.807, 2.05) is 19.1 Å². The van der Waals surface area contributed by atoms with E-state index in [1.54, 1.807) is 6.07 Å². The van der Waals surface area contributed by atoms with E-state index >= 15 is 0 Å². The Labute approximate surface area is 167 Å². The van der Waals surface area contributed by atoms with Crippen LogP contribution in [0.15, 0.2) is 24.3 Å². The Hall–Kier alpha value is -2.11. The number of amides is 1. The lowest BCUT2D eigenvalue weighted by Gasteiger charge is -2.22. The number of thiophene rings is 1. The molecule has 140 valence electrons. The molecule has 1 aliphatic rings. The quantitative estimate of drug-likeness (QED) is 0.601. The lowest BCUT2D eigenvalue weighted by molar-refractivity contribution is 0.103. The number of nitrogens with zero attached hydrogens (tertiary/aromatic N) is 1. The third-order valence-corrected chi connectivity index (χ3v) is 6.92. The van der Waals surface area contributed by atoms with Gasteiger partial charge in [0.2, 0.25) is 0 Å². The first kappa shape index (κ1) is 18.3. The normalized spacial score (nSPS) is 16.3. The molecule has 0 unspecified atom stereocenters. The largest absolute Gasteiger partial charge is 0.397 e. The molecule has 0 spiro atoms. The molecule has 1 atom stereocenters. The highest BCUT2D eigenvalue weighted by Gasteiger charge is 2.23. The zero-order valence-electron chi connectivity index (χ0n) is 15.4. The molecule has 2 aromatic heterocycles. The van der Waals surface area contributed by atoms with Crippen molar-refractivity contribution in [1.29, 1.82) is 0 Å². The van der Waals surface area contributed by atoms with E-state index < -0.39 is 0 Å². The highest BCUT2D eigenvalue weighted by Crippen LogP contribution is 2.37. The van der Waals surface area contributed by atoms with Crippen molar-refractivity contribution in [2.45, 2.75) is 39.5 Å². The van der Waals surface area contributed by atoms with Crippen molar-refractivity contribution >= 4 is 50.4 Å². The molecule has 0 fully saturated rings. The van der Waals surface area contributed by atoms with Crippen LogP contribution in [0.5, 0.6) is 0 Å². The molecular weight excluding hydrogens is 378 g/mol. The summed E-state index contributed by atoms with van der Waals surface area (Å²) >= 11 is 7.51. The number of hydrogen-bond donors (Lipinski definition) is 2. The molecule has 1 aliphatic carbocycles. The van der Waals surface area contributed by atoms with Gasteiger partial charge in [-0.05, 0) is 61.4 Å². The summed E-state index contributed by atoms with van der Waals surface area (Å²) in [6, 6.07) is 7.61. The summed E-state index contributed by atoms with van der Waals surface area (Å²) < 4.78 is 0. The lowest BCUT2D eigenvalue weighted by atomic mass is 9.85. The van der Waals surface area contributed by atoms with Crippen LogP contribution in [0.25, 0.3) is 10.2 Å². The number of nitrogens with two attached hydrogens (primary N) is 1. The number of anilines is 2. The molecule has 0 radical (unpaired) electrons. The van der Waals surface area contributed by atoms with Gasteiger partial charge < -0.3 is 11.1 Å². The zero-order valence-corrected chi connectivity index (χ0v) is 17.0. The molecule has 2 heterocycles. The van der Waals surface area contributed by atoms with Crippen LogP contribution in [0.3, 0.4) is 0 Å². The summed E-state index contributed by atoms with van der Waals surface area (Å²) in [6.07, 6.45) is 4.42. The van der Waals surface area contributed by atoms with Crippen LogP contribution in [0.4, 0.5) is 11.4 Å². The number of benzene rings is 1. The third kappa shape index (κ3) is 3.42. The second kappa shape index (κ2) is 7.13. The summed E-state index contributed by atoms with van der Waals surface area (Å²) in [5.41, 5.74) is 10.9. The molecular formula is C21H22ClN3OS. The van der Waals surface area contributed by atoms with Gasteiger partial charge in [0, 0.05) is 21.8 Å². The predicted molar refractivity (Wildman–Crippen MR) is 114 cm³/mol. The molecule has 0 saturated carbocycles. The number of aryl methyl sites for hydroxylation is 2. The van der Waals surface area contributed by atoms with Gasteiger partial charge in [0.15, 0.2) is 0 Å². The Bertz CT molecular complexity index is 1040. The van der Waals surface area contributed by atoms with Crippen molar-refractivity contribution in [2.75, 3.05) is 11.1 Å². The molecule has 3 aromatic rings. The Morgan fingerprint density at radius 1 is 1.41 bits per heavy atom. The number of aromatic nitrogens is 1. The van der Waals surface area contributed by atoms with E-state index in [1.165, 1.54) is 29.7 Å². The van der Waals surface area contributed by atoms with Gasteiger partial charge >= 0.3 is 0 Å². The summed E-state index contributed by atoms with van der Waals surface area (Å²) in [5, 5.41) is 4.41. The fourth-order valence-electron chi connectivity index (χ4n) is 3.64. The van der Waals surface area contributed by atoms with Gasteiger partial charge in [-0.15, -0.1) is 11.3 Å². The number of halogens is 1. The Morgan fingerprint density at radius 3 is 2.96 bits per heavy atom. The van der Waals surface area contributed by atoms with E-state index in [4.69, 9.17) is 22.3 Å². The minimum absolute atomic E-state index is 0.222. The average Bonchev–Trinajstić information content (AvgIpc) is 2.98. The van der Waals surface area contributed by atoms with Crippen LogP contribution in [-0.2, 0) is 12.8 Å². The number of carbonyl (C=O) groups is 1. The fraction of sp³-hybridized carbons (Fsp3) is 0.333. The van der Waals surface area contributed by atoms with Crippen molar-refractivity contribution in [2.24, 2.45) is 5.92 Å². The molecule has 0 aliphatic heterocycles. The Balaban J connectivity index is 1.66. The average molecular weight is 400 g/mol. The van der Waals surface area contributed by atoms with Gasteiger partial charge in [-0.3, -0.25) is 4.79 Å². The van der Waals surface area contributed by atoms with Crippen molar-refractivity contribution in [3.8, 4) is 0 Å². The number of pyridine rings is 1. The molecule has 0 saturated heterocycles. The van der Waals surface area contributed by atoms with Gasteiger partial charge in [0.05, 0.1) is 5.69 Å². The molecule has 1 aromatic carbocycles. The number of fused-ring (bicyclic) bond motifs is 2. The van der Waals surface area contributed by atoms with E-state index in [2.05, 4.69) is 18.3 Å². The second-order valence-electron chi connectivity index (χ2n) is 7.23. The van der Waals surface area contributed by atoms with E-state index in [0.29, 0.717) is 27.2 Å². The first-order valence-corrected chi connectivity index (χ1v) is 10.4. The van der Waals surface area contributed by atoms with Crippen LogP contribution >= 0.6 is 22.9 Å². The monoisotopic (exact) mass is 399 g/mol. The second-order valence-corrected chi connectivity index (χ2v) is 8.63. The maximum Gasteiger partial charge on any atom is 0.267 e. The number of hydrogen-bond acceptors (Lipinski definition) is 4. The van der Waals surface area contributed by atoms with E-state index in [-0.39, 0.29) is 5.91 Å². The topological polar surface area (TPSA) is 68.0 Å². The maximum absolute atomic E-state index is 12.8. The predicted octanol–water partition coefficient (Wildman–Crippen LogP) is 5.61. The van der Waals surface area contributed by atoms with Crippen molar-refractivity contribution in [3.05, 3.63) is 51.0 Å². The molecule has 27 heavy (non-hydrogen) atoms. The first-order valence-electron chi connectivity index (χ1n) is 9.24. The molecule has 6 heteroatoms. The van der Waals surface area contributed by atoms with Crippen molar-refractivity contribution in [1.82, 2.24) is 4.98 Å². The van der Waals surface area contributed by atoms with Crippen molar-refractivity contribution in [3.63, 3.8) is 0 Å².